The number of para-hydroxylation sites is 1. The number of aromatic nitrogens is 1. The lowest BCUT2D eigenvalue weighted by Crippen LogP contribution is -2.42. The molecule has 1 fully saturated rings. The Morgan fingerprint density at radius 3 is 2.88 bits per heavy atom. The number of rotatable bonds is 4. The van der Waals surface area contributed by atoms with Gasteiger partial charge < -0.3 is 15.0 Å². The number of anilines is 1. The molecule has 6 nitrogen and oxygen atoms in total. The Bertz CT molecular complexity index is 753. The van der Waals surface area contributed by atoms with E-state index in [4.69, 9.17) is 4.74 Å². The first-order valence-electron chi connectivity index (χ1n) is 8.33. The normalized spacial score (nSPS) is 18.5. The Morgan fingerprint density at radius 2 is 2.12 bits per heavy atom. The predicted octanol–water partition coefficient (Wildman–Crippen LogP) is 2.77. The molecule has 0 spiro atoms. The summed E-state index contributed by atoms with van der Waals surface area (Å²) >= 11 is 0. The standard InChI is InChI=1S/C18H23N3O3/c1-12-7-5-6-10-21(12)11-15(22)20-16-13-8-3-4-9-14(13)19-17(16)18(23)24-2/h3-4,8-9,12,19H,5-7,10-11H2,1-2H3,(H,20,22). The van der Waals surface area contributed by atoms with Crippen molar-refractivity contribution in [1.82, 2.24) is 9.88 Å². The number of hydrogen-bond donors (Lipinski definition) is 2. The third-order valence-corrected chi connectivity index (χ3v) is 4.65. The lowest BCUT2D eigenvalue weighted by atomic mass is 10.0. The molecule has 2 aromatic rings. The predicted molar refractivity (Wildman–Crippen MR) is 93.2 cm³/mol. The Hall–Kier alpha value is -2.34. The fourth-order valence-electron chi connectivity index (χ4n) is 3.28. The third-order valence-electron chi connectivity index (χ3n) is 4.65. The second-order valence-electron chi connectivity index (χ2n) is 6.28. The summed E-state index contributed by atoms with van der Waals surface area (Å²) in [4.78, 5) is 29.7. The molecule has 6 heteroatoms. The van der Waals surface area contributed by atoms with Crippen molar-refractivity contribution >= 4 is 28.5 Å². The minimum absolute atomic E-state index is 0.112. The highest BCUT2D eigenvalue weighted by Gasteiger charge is 2.23. The van der Waals surface area contributed by atoms with Crippen LogP contribution in [-0.2, 0) is 9.53 Å². The first kappa shape index (κ1) is 16.5. The maximum atomic E-state index is 12.5. The number of aromatic amines is 1. The largest absolute Gasteiger partial charge is 0.464 e. The van der Waals surface area contributed by atoms with Crippen LogP contribution in [0.5, 0.6) is 0 Å². The van der Waals surface area contributed by atoms with Gasteiger partial charge in [0.1, 0.15) is 5.69 Å². The van der Waals surface area contributed by atoms with Crippen molar-refractivity contribution in [2.24, 2.45) is 0 Å². The van der Waals surface area contributed by atoms with E-state index in [1.807, 2.05) is 24.3 Å². The summed E-state index contributed by atoms with van der Waals surface area (Å²) in [6, 6.07) is 7.90. The highest BCUT2D eigenvalue weighted by atomic mass is 16.5. The number of amides is 1. The molecule has 0 radical (unpaired) electrons. The van der Waals surface area contributed by atoms with Crippen molar-refractivity contribution in [3.8, 4) is 0 Å². The highest BCUT2D eigenvalue weighted by molar-refractivity contribution is 6.11. The Kier molecular flexibility index (Phi) is 4.85. The Balaban J connectivity index is 1.83. The van der Waals surface area contributed by atoms with Gasteiger partial charge in [0.15, 0.2) is 0 Å². The van der Waals surface area contributed by atoms with Crippen molar-refractivity contribution in [3.05, 3.63) is 30.0 Å². The zero-order chi connectivity index (χ0) is 17.1. The maximum absolute atomic E-state index is 12.5. The molecular formula is C18H23N3O3. The number of nitrogens with zero attached hydrogens (tertiary/aromatic N) is 1. The van der Waals surface area contributed by atoms with Crippen LogP contribution in [0.2, 0.25) is 0 Å². The van der Waals surface area contributed by atoms with E-state index in [9.17, 15) is 9.59 Å². The van der Waals surface area contributed by atoms with Crippen LogP contribution < -0.4 is 5.32 Å². The van der Waals surface area contributed by atoms with Crippen LogP contribution in [0.25, 0.3) is 10.9 Å². The average Bonchev–Trinajstić information content (AvgIpc) is 2.95. The first-order chi connectivity index (χ1) is 11.6. The van der Waals surface area contributed by atoms with Gasteiger partial charge in [0.2, 0.25) is 5.91 Å². The number of carbonyl (C=O) groups is 2. The van der Waals surface area contributed by atoms with E-state index in [1.165, 1.54) is 13.5 Å². The topological polar surface area (TPSA) is 74.4 Å². The molecule has 1 aliphatic heterocycles. The molecule has 1 unspecified atom stereocenters. The third kappa shape index (κ3) is 3.28. The van der Waals surface area contributed by atoms with E-state index in [2.05, 4.69) is 22.1 Å². The highest BCUT2D eigenvalue weighted by Crippen LogP contribution is 2.28. The number of ether oxygens (including phenoxy) is 1. The van der Waals surface area contributed by atoms with Gasteiger partial charge in [0, 0.05) is 16.9 Å². The average molecular weight is 329 g/mol. The van der Waals surface area contributed by atoms with Crippen molar-refractivity contribution in [2.45, 2.75) is 32.2 Å². The van der Waals surface area contributed by atoms with Crippen LogP contribution in [0.15, 0.2) is 24.3 Å². The van der Waals surface area contributed by atoms with Crippen LogP contribution in [0.3, 0.4) is 0 Å². The molecule has 3 rings (SSSR count). The van der Waals surface area contributed by atoms with Crippen molar-refractivity contribution in [1.29, 1.82) is 0 Å². The summed E-state index contributed by atoms with van der Waals surface area (Å²) in [6.45, 7) is 3.42. The summed E-state index contributed by atoms with van der Waals surface area (Å²) in [5, 5.41) is 3.71. The van der Waals surface area contributed by atoms with Gasteiger partial charge in [-0.2, -0.15) is 0 Å². The van der Waals surface area contributed by atoms with Gasteiger partial charge in [-0.1, -0.05) is 24.6 Å². The molecule has 1 aliphatic rings. The zero-order valence-electron chi connectivity index (χ0n) is 14.1. The minimum Gasteiger partial charge on any atom is -0.464 e. The summed E-state index contributed by atoms with van der Waals surface area (Å²) in [6.07, 6.45) is 3.46. The smallest absolute Gasteiger partial charge is 0.356 e. The SMILES string of the molecule is COC(=O)c1[nH]c2ccccc2c1NC(=O)CN1CCCCC1C. The molecule has 0 saturated carbocycles. The van der Waals surface area contributed by atoms with E-state index in [0.29, 0.717) is 18.3 Å². The van der Waals surface area contributed by atoms with Gasteiger partial charge in [0.05, 0.1) is 19.3 Å². The Morgan fingerprint density at radius 1 is 1.33 bits per heavy atom. The monoisotopic (exact) mass is 329 g/mol. The zero-order valence-corrected chi connectivity index (χ0v) is 14.1. The first-order valence-corrected chi connectivity index (χ1v) is 8.33. The van der Waals surface area contributed by atoms with Crippen molar-refractivity contribution in [3.63, 3.8) is 0 Å². The number of benzene rings is 1. The van der Waals surface area contributed by atoms with E-state index >= 15 is 0 Å². The van der Waals surface area contributed by atoms with Gasteiger partial charge in [-0.25, -0.2) is 4.79 Å². The molecule has 2 heterocycles. The molecule has 0 aliphatic carbocycles. The molecule has 1 saturated heterocycles. The molecular weight excluding hydrogens is 306 g/mol. The van der Waals surface area contributed by atoms with E-state index in [1.54, 1.807) is 0 Å². The summed E-state index contributed by atoms with van der Waals surface area (Å²) in [5.41, 5.74) is 1.56. The molecule has 2 N–H and O–H groups in total. The molecule has 128 valence electrons. The van der Waals surface area contributed by atoms with Crippen LogP contribution in [0.4, 0.5) is 5.69 Å². The fraction of sp³-hybridized carbons (Fsp3) is 0.444. The number of carbonyl (C=O) groups excluding carboxylic acids is 2. The number of fused-ring (bicyclic) bond motifs is 1. The molecule has 0 bridgehead atoms. The second kappa shape index (κ2) is 7.05. The van der Waals surface area contributed by atoms with E-state index < -0.39 is 5.97 Å². The molecule has 1 aromatic heterocycles. The van der Waals surface area contributed by atoms with Gasteiger partial charge in [-0.3, -0.25) is 9.69 Å². The van der Waals surface area contributed by atoms with Gasteiger partial charge in [-0.05, 0) is 32.4 Å². The van der Waals surface area contributed by atoms with Gasteiger partial charge in [-0.15, -0.1) is 0 Å². The number of H-pyrrole nitrogens is 1. The van der Waals surface area contributed by atoms with Gasteiger partial charge >= 0.3 is 5.97 Å². The van der Waals surface area contributed by atoms with Crippen molar-refractivity contribution in [2.75, 3.05) is 25.5 Å². The Labute approximate surface area is 141 Å². The van der Waals surface area contributed by atoms with Crippen LogP contribution in [0, 0.1) is 0 Å². The maximum Gasteiger partial charge on any atom is 0.356 e. The lowest BCUT2D eigenvalue weighted by Gasteiger charge is -2.32. The fourth-order valence-corrected chi connectivity index (χ4v) is 3.28. The van der Waals surface area contributed by atoms with Crippen LogP contribution in [-0.4, -0.2) is 48.0 Å². The number of piperidine rings is 1. The number of hydrogen-bond acceptors (Lipinski definition) is 4. The number of likely N-dealkylation sites (tertiary alicyclic amines) is 1. The number of methoxy groups -OCH3 is 1. The lowest BCUT2D eigenvalue weighted by molar-refractivity contribution is -0.118. The quantitative estimate of drug-likeness (QED) is 0.846. The van der Waals surface area contributed by atoms with Gasteiger partial charge in [0.25, 0.3) is 0 Å². The summed E-state index contributed by atoms with van der Waals surface area (Å²) < 4.78 is 4.82. The molecule has 1 atom stereocenters. The molecule has 1 amide bonds. The van der Waals surface area contributed by atoms with Crippen molar-refractivity contribution < 1.29 is 14.3 Å². The van der Waals surface area contributed by atoms with E-state index in [-0.39, 0.29) is 11.6 Å². The number of esters is 1. The minimum atomic E-state index is -0.493. The summed E-state index contributed by atoms with van der Waals surface area (Å²) in [7, 11) is 1.33. The molecule has 24 heavy (non-hydrogen) atoms. The molecule has 1 aromatic carbocycles. The van der Waals surface area contributed by atoms with Crippen LogP contribution >= 0.6 is 0 Å². The second-order valence-corrected chi connectivity index (χ2v) is 6.28. The summed E-state index contributed by atoms with van der Waals surface area (Å²) in [5.74, 6) is -0.605. The number of nitrogens with one attached hydrogen (secondary N) is 2. The van der Waals surface area contributed by atoms with Crippen LogP contribution in [0.1, 0.15) is 36.7 Å². The van der Waals surface area contributed by atoms with E-state index in [0.717, 1.165) is 30.3 Å².